The molecule has 6 nitrogen and oxygen atoms in total. The molecule has 7 heteroatoms. The first-order valence-electron chi connectivity index (χ1n) is 7.72. The molecule has 1 heterocycles. The van der Waals surface area contributed by atoms with Crippen molar-refractivity contribution < 1.29 is 19.0 Å². The zero-order valence-corrected chi connectivity index (χ0v) is 14.3. The van der Waals surface area contributed by atoms with Crippen LogP contribution in [0.25, 0.3) is 10.9 Å². The molecule has 1 aromatic heterocycles. The van der Waals surface area contributed by atoms with Gasteiger partial charge in [-0.2, -0.15) is 0 Å². The van der Waals surface area contributed by atoms with E-state index >= 15 is 0 Å². The van der Waals surface area contributed by atoms with Crippen molar-refractivity contribution in [3.63, 3.8) is 0 Å². The van der Waals surface area contributed by atoms with Crippen LogP contribution in [0.1, 0.15) is 6.42 Å². The Hall–Kier alpha value is -1.89. The fourth-order valence-corrected chi connectivity index (χ4v) is 2.28. The molecule has 0 spiro atoms. The first-order chi connectivity index (χ1) is 11.7. The van der Waals surface area contributed by atoms with Crippen LogP contribution in [0.4, 0.5) is 0 Å². The minimum Gasteiger partial charge on any atom is -0.481 e. The molecule has 130 valence electrons. The van der Waals surface area contributed by atoms with Crippen LogP contribution in [0.3, 0.4) is 0 Å². The lowest BCUT2D eigenvalue weighted by Crippen LogP contribution is -2.30. The van der Waals surface area contributed by atoms with Crippen molar-refractivity contribution in [1.82, 2.24) is 10.3 Å². The normalized spacial score (nSPS) is 10.8. The van der Waals surface area contributed by atoms with Gasteiger partial charge in [-0.1, -0.05) is 11.6 Å². The predicted octanol–water partition coefficient (Wildman–Crippen LogP) is 2.44. The summed E-state index contributed by atoms with van der Waals surface area (Å²) in [6.45, 7) is 2.18. The predicted molar refractivity (Wildman–Crippen MR) is 92.6 cm³/mol. The van der Waals surface area contributed by atoms with Crippen molar-refractivity contribution in [2.24, 2.45) is 0 Å². The van der Waals surface area contributed by atoms with Gasteiger partial charge in [0.15, 0.2) is 6.61 Å². The molecule has 24 heavy (non-hydrogen) atoms. The number of benzene rings is 1. The number of carbonyl (C=O) groups is 1. The van der Waals surface area contributed by atoms with E-state index in [9.17, 15) is 4.79 Å². The first-order valence-corrected chi connectivity index (χ1v) is 8.09. The third-order valence-corrected chi connectivity index (χ3v) is 3.59. The van der Waals surface area contributed by atoms with E-state index in [2.05, 4.69) is 10.3 Å². The Bertz CT molecular complexity index is 666. The summed E-state index contributed by atoms with van der Waals surface area (Å²) in [6.07, 6.45) is 2.40. The van der Waals surface area contributed by atoms with Crippen molar-refractivity contribution in [1.29, 1.82) is 0 Å². The molecule has 0 unspecified atom stereocenters. The van der Waals surface area contributed by atoms with Gasteiger partial charge in [-0.15, -0.1) is 0 Å². The van der Waals surface area contributed by atoms with E-state index in [1.165, 1.54) is 0 Å². The molecule has 0 fully saturated rings. The van der Waals surface area contributed by atoms with Crippen molar-refractivity contribution in [3.05, 3.63) is 35.5 Å². The number of rotatable bonds is 10. The van der Waals surface area contributed by atoms with E-state index in [0.29, 0.717) is 42.7 Å². The molecule has 1 amide bonds. The second-order valence-electron chi connectivity index (χ2n) is 5.04. The third-order valence-electron chi connectivity index (χ3n) is 3.26. The quantitative estimate of drug-likeness (QED) is 0.665. The molecule has 0 aliphatic carbocycles. The van der Waals surface area contributed by atoms with Crippen molar-refractivity contribution >= 4 is 28.4 Å². The maximum Gasteiger partial charge on any atom is 0.257 e. The highest BCUT2D eigenvalue weighted by molar-refractivity contribution is 6.35. The summed E-state index contributed by atoms with van der Waals surface area (Å²) in [6, 6.07) is 7.12. The number of pyridine rings is 1. The molecule has 0 saturated heterocycles. The molecule has 0 aliphatic rings. The Balaban J connectivity index is 1.74. The van der Waals surface area contributed by atoms with Gasteiger partial charge in [0, 0.05) is 31.8 Å². The lowest BCUT2D eigenvalue weighted by Gasteiger charge is -2.10. The van der Waals surface area contributed by atoms with Crippen LogP contribution in [-0.2, 0) is 14.3 Å². The molecule has 0 radical (unpaired) electrons. The van der Waals surface area contributed by atoms with Gasteiger partial charge >= 0.3 is 0 Å². The number of fused-ring (bicyclic) bond motifs is 1. The smallest absolute Gasteiger partial charge is 0.257 e. The Labute approximate surface area is 146 Å². The number of hydrogen-bond acceptors (Lipinski definition) is 5. The van der Waals surface area contributed by atoms with Gasteiger partial charge in [0.25, 0.3) is 5.91 Å². The van der Waals surface area contributed by atoms with E-state index in [1.807, 2.05) is 6.07 Å². The summed E-state index contributed by atoms with van der Waals surface area (Å²) in [5.74, 6) is 0.346. The fourth-order valence-electron chi connectivity index (χ4n) is 2.07. The number of ether oxygens (including phenoxy) is 3. The molecule has 2 rings (SSSR count). The largest absolute Gasteiger partial charge is 0.481 e. The minimum absolute atomic E-state index is 0.0716. The highest BCUT2D eigenvalue weighted by atomic mass is 35.5. The maximum atomic E-state index is 11.8. The summed E-state index contributed by atoms with van der Waals surface area (Å²) < 4.78 is 15.8. The lowest BCUT2D eigenvalue weighted by molar-refractivity contribution is -0.123. The summed E-state index contributed by atoms with van der Waals surface area (Å²) in [7, 11) is 1.63. The third kappa shape index (κ3) is 5.63. The van der Waals surface area contributed by atoms with E-state index in [1.54, 1.807) is 31.5 Å². The lowest BCUT2D eigenvalue weighted by atomic mass is 10.2. The van der Waals surface area contributed by atoms with Crippen LogP contribution in [0, 0.1) is 0 Å². The first kappa shape index (κ1) is 18.4. The molecule has 0 aliphatic heterocycles. The molecule has 1 N–H and O–H groups in total. The van der Waals surface area contributed by atoms with Gasteiger partial charge in [0.2, 0.25) is 0 Å². The number of halogens is 1. The molecular weight excluding hydrogens is 332 g/mol. The Morgan fingerprint density at radius 1 is 1.25 bits per heavy atom. The summed E-state index contributed by atoms with van der Waals surface area (Å²) in [5.41, 5.74) is 0.643. The molecule has 2 aromatic rings. The van der Waals surface area contributed by atoms with Crippen molar-refractivity contribution in [3.8, 4) is 5.75 Å². The fraction of sp³-hybridized carbons (Fsp3) is 0.412. The Kier molecular flexibility index (Phi) is 7.74. The zero-order valence-electron chi connectivity index (χ0n) is 13.6. The monoisotopic (exact) mass is 352 g/mol. The number of hydrogen-bond donors (Lipinski definition) is 1. The van der Waals surface area contributed by atoms with Crippen LogP contribution < -0.4 is 10.1 Å². The maximum absolute atomic E-state index is 11.8. The van der Waals surface area contributed by atoms with Crippen molar-refractivity contribution in [2.75, 3.05) is 40.1 Å². The number of carbonyl (C=O) groups excluding carboxylic acids is 1. The Morgan fingerprint density at radius 2 is 2.12 bits per heavy atom. The molecule has 1 aromatic carbocycles. The topological polar surface area (TPSA) is 69.7 Å². The molecular formula is C17H21ClN2O4. The van der Waals surface area contributed by atoms with Gasteiger partial charge in [-0.3, -0.25) is 9.78 Å². The average molecular weight is 353 g/mol. The standard InChI is InChI=1S/C17H21ClN2O4/c1-22-10-11-23-9-3-8-19-16(21)12-24-15-6-5-14(18)13-4-2-7-20-17(13)15/h2,4-7H,3,8-12H2,1H3,(H,19,21). The number of amides is 1. The summed E-state index contributed by atoms with van der Waals surface area (Å²) in [4.78, 5) is 16.1. The van der Waals surface area contributed by atoms with E-state index in [-0.39, 0.29) is 12.5 Å². The molecule has 0 bridgehead atoms. The van der Waals surface area contributed by atoms with Gasteiger partial charge in [-0.05, 0) is 30.7 Å². The number of methoxy groups -OCH3 is 1. The molecule has 0 saturated carbocycles. The van der Waals surface area contributed by atoms with Crippen LogP contribution in [0.15, 0.2) is 30.5 Å². The van der Waals surface area contributed by atoms with E-state index in [0.717, 1.165) is 11.8 Å². The van der Waals surface area contributed by atoms with E-state index < -0.39 is 0 Å². The van der Waals surface area contributed by atoms with Crippen LogP contribution in [-0.4, -0.2) is 51.0 Å². The number of nitrogens with one attached hydrogen (secondary N) is 1. The summed E-state index contributed by atoms with van der Waals surface area (Å²) in [5, 5.41) is 4.18. The van der Waals surface area contributed by atoms with Crippen molar-refractivity contribution in [2.45, 2.75) is 6.42 Å². The number of aromatic nitrogens is 1. The highest BCUT2D eigenvalue weighted by Gasteiger charge is 2.08. The van der Waals surface area contributed by atoms with Crippen LogP contribution in [0.5, 0.6) is 5.75 Å². The van der Waals surface area contributed by atoms with Gasteiger partial charge in [-0.25, -0.2) is 0 Å². The molecule has 0 atom stereocenters. The highest BCUT2D eigenvalue weighted by Crippen LogP contribution is 2.29. The minimum atomic E-state index is -0.189. The van der Waals surface area contributed by atoms with Crippen LogP contribution in [0.2, 0.25) is 5.02 Å². The summed E-state index contributed by atoms with van der Waals surface area (Å²) >= 11 is 6.13. The van der Waals surface area contributed by atoms with Gasteiger partial charge in [0.05, 0.1) is 18.2 Å². The number of nitrogens with zero attached hydrogens (tertiary/aromatic N) is 1. The van der Waals surface area contributed by atoms with Gasteiger partial charge in [0.1, 0.15) is 11.3 Å². The zero-order chi connectivity index (χ0) is 17.2. The average Bonchev–Trinajstić information content (AvgIpc) is 2.60. The second kappa shape index (κ2) is 10.1. The SMILES string of the molecule is COCCOCCCNC(=O)COc1ccc(Cl)c2cccnc12. The van der Waals surface area contributed by atoms with E-state index in [4.69, 9.17) is 25.8 Å². The second-order valence-corrected chi connectivity index (χ2v) is 5.45. The van der Waals surface area contributed by atoms with Crippen LogP contribution >= 0.6 is 11.6 Å². The van der Waals surface area contributed by atoms with Gasteiger partial charge < -0.3 is 19.5 Å². The Morgan fingerprint density at radius 3 is 2.96 bits per heavy atom.